The summed E-state index contributed by atoms with van der Waals surface area (Å²) in [5.41, 5.74) is 1.85. The van der Waals surface area contributed by atoms with Gasteiger partial charge in [0.1, 0.15) is 22.9 Å². The van der Waals surface area contributed by atoms with E-state index in [1.54, 1.807) is 48.5 Å². The molecule has 8 heteroatoms. The number of hydrogen-bond donors (Lipinski definition) is 1. The van der Waals surface area contributed by atoms with E-state index in [4.69, 9.17) is 9.15 Å². The Morgan fingerprint density at radius 3 is 2.69 bits per heavy atom. The Morgan fingerprint density at radius 2 is 1.97 bits per heavy atom. The van der Waals surface area contributed by atoms with Crippen molar-refractivity contribution >= 4 is 5.91 Å². The van der Waals surface area contributed by atoms with Gasteiger partial charge in [-0.2, -0.15) is 0 Å². The van der Waals surface area contributed by atoms with Crippen LogP contribution in [0.15, 0.2) is 71.5 Å². The highest BCUT2D eigenvalue weighted by Gasteiger charge is 2.25. The molecule has 1 atom stereocenters. The van der Waals surface area contributed by atoms with Gasteiger partial charge in [-0.3, -0.25) is 9.78 Å². The molecule has 0 spiro atoms. The number of pyridine rings is 1. The number of furan rings is 1. The maximum absolute atomic E-state index is 13.0. The average molecular weight is 389 g/mol. The Kier molecular flexibility index (Phi) is 5.07. The Labute approximate surface area is 167 Å². The Bertz CT molecular complexity index is 1110. The lowest BCUT2D eigenvalue weighted by molar-refractivity contribution is 0.0931. The molecule has 0 bridgehead atoms. The average Bonchev–Trinajstić information content (AvgIpc) is 3.44. The predicted octanol–water partition coefficient (Wildman–Crippen LogP) is 3.42. The molecule has 0 aliphatic carbocycles. The molecule has 146 valence electrons. The number of nitrogens with one attached hydrogen (secondary N) is 1. The molecule has 1 aromatic carbocycles. The van der Waals surface area contributed by atoms with E-state index in [0.29, 0.717) is 28.6 Å². The number of para-hydroxylation sites is 2. The van der Waals surface area contributed by atoms with Crippen molar-refractivity contribution in [2.24, 2.45) is 0 Å². The number of nitrogens with zero attached hydrogens (tertiary/aromatic N) is 4. The summed E-state index contributed by atoms with van der Waals surface area (Å²) in [5.74, 6) is 0.871. The Hall–Kier alpha value is -3.94. The molecule has 0 fully saturated rings. The van der Waals surface area contributed by atoms with Gasteiger partial charge in [0.25, 0.3) is 5.91 Å². The Balaban J connectivity index is 1.79. The number of methoxy groups -OCH3 is 1. The van der Waals surface area contributed by atoms with Gasteiger partial charge < -0.3 is 14.5 Å². The van der Waals surface area contributed by atoms with Gasteiger partial charge in [-0.1, -0.05) is 23.4 Å². The first-order valence-corrected chi connectivity index (χ1v) is 9.04. The van der Waals surface area contributed by atoms with Crippen molar-refractivity contribution in [3.05, 3.63) is 78.5 Å². The zero-order chi connectivity index (χ0) is 20.2. The highest BCUT2D eigenvalue weighted by Crippen LogP contribution is 2.29. The summed E-state index contributed by atoms with van der Waals surface area (Å²) in [6.45, 7) is 1.84. The highest BCUT2D eigenvalue weighted by atomic mass is 16.5. The minimum atomic E-state index is -0.379. The number of amides is 1. The fraction of sp³-hybridized carbons (Fsp3) is 0.143. The van der Waals surface area contributed by atoms with Crippen molar-refractivity contribution in [2.75, 3.05) is 7.11 Å². The topological polar surface area (TPSA) is 95.1 Å². The van der Waals surface area contributed by atoms with Crippen molar-refractivity contribution in [3.63, 3.8) is 0 Å². The molecule has 0 aliphatic rings. The number of ether oxygens (including phenoxy) is 1. The van der Waals surface area contributed by atoms with Crippen molar-refractivity contribution in [1.82, 2.24) is 25.3 Å². The molecular weight excluding hydrogens is 370 g/mol. The number of carbonyl (C=O) groups excluding carboxylic acids is 1. The van der Waals surface area contributed by atoms with E-state index in [0.717, 1.165) is 0 Å². The van der Waals surface area contributed by atoms with Gasteiger partial charge in [0.2, 0.25) is 0 Å². The number of benzene rings is 1. The van der Waals surface area contributed by atoms with E-state index < -0.39 is 0 Å². The summed E-state index contributed by atoms with van der Waals surface area (Å²) >= 11 is 0. The van der Waals surface area contributed by atoms with Gasteiger partial charge in [0.05, 0.1) is 25.1 Å². The molecule has 3 aromatic heterocycles. The molecule has 0 unspecified atom stereocenters. The molecule has 3 heterocycles. The molecule has 4 aromatic rings. The van der Waals surface area contributed by atoms with Crippen LogP contribution < -0.4 is 10.1 Å². The maximum atomic E-state index is 13.0. The minimum absolute atomic E-state index is 0.160. The monoisotopic (exact) mass is 389 g/mol. The van der Waals surface area contributed by atoms with E-state index in [1.165, 1.54) is 0 Å². The fourth-order valence-electron chi connectivity index (χ4n) is 3.01. The van der Waals surface area contributed by atoms with Crippen LogP contribution in [0, 0.1) is 0 Å². The lowest BCUT2D eigenvalue weighted by atomic mass is 10.1. The summed E-state index contributed by atoms with van der Waals surface area (Å²) in [5, 5.41) is 11.3. The molecule has 1 amide bonds. The molecule has 0 radical (unpaired) electrons. The van der Waals surface area contributed by atoms with E-state index in [-0.39, 0.29) is 17.6 Å². The maximum Gasteiger partial charge on any atom is 0.274 e. The third-order valence-electron chi connectivity index (χ3n) is 4.42. The van der Waals surface area contributed by atoms with Crippen LogP contribution in [0.4, 0.5) is 0 Å². The van der Waals surface area contributed by atoms with Crippen molar-refractivity contribution in [1.29, 1.82) is 0 Å². The van der Waals surface area contributed by atoms with Gasteiger partial charge in [-0.15, -0.1) is 5.10 Å². The molecule has 0 saturated heterocycles. The fourth-order valence-corrected chi connectivity index (χ4v) is 3.01. The quantitative estimate of drug-likeness (QED) is 0.543. The van der Waals surface area contributed by atoms with Crippen LogP contribution in [-0.2, 0) is 0 Å². The molecule has 0 aliphatic heterocycles. The number of aromatic nitrogens is 4. The smallest absolute Gasteiger partial charge is 0.274 e. The summed E-state index contributed by atoms with van der Waals surface area (Å²) in [7, 11) is 1.58. The minimum Gasteiger partial charge on any atom is -0.494 e. The third-order valence-corrected chi connectivity index (χ3v) is 4.42. The standard InChI is InChI=1S/C21H19N5O3/c1-14(17-11-7-13-29-17)23-21(27)19-20(15-8-5-6-12-22-15)26(25-24-19)16-9-3-4-10-18(16)28-2/h3-14H,1-2H3,(H,23,27)/t14-/m1/s1. The van der Waals surface area contributed by atoms with Crippen molar-refractivity contribution in [3.8, 4) is 22.8 Å². The highest BCUT2D eigenvalue weighted by molar-refractivity contribution is 5.98. The van der Waals surface area contributed by atoms with Crippen LogP contribution in [0.2, 0.25) is 0 Å². The van der Waals surface area contributed by atoms with Crippen molar-refractivity contribution < 1.29 is 13.9 Å². The summed E-state index contributed by atoms with van der Waals surface area (Å²) in [4.78, 5) is 17.4. The molecule has 1 N–H and O–H groups in total. The van der Waals surface area contributed by atoms with E-state index in [1.807, 2.05) is 37.3 Å². The third kappa shape index (κ3) is 3.60. The molecule has 8 nitrogen and oxygen atoms in total. The molecular formula is C21H19N5O3. The lowest BCUT2D eigenvalue weighted by Crippen LogP contribution is -2.27. The zero-order valence-corrected chi connectivity index (χ0v) is 15.9. The van der Waals surface area contributed by atoms with Crippen LogP contribution in [-0.4, -0.2) is 33.0 Å². The van der Waals surface area contributed by atoms with Gasteiger partial charge in [0, 0.05) is 6.20 Å². The SMILES string of the molecule is COc1ccccc1-n1nnc(C(=O)N[C@H](C)c2ccco2)c1-c1ccccn1. The van der Waals surface area contributed by atoms with E-state index >= 15 is 0 Å². The van der Waals surface area contributed by atoms with Crippen LogP contribution >= 0.6 is 0 Å². The second-order valence-corrected chi connectivity index (χ2v) is 6.30. The van der Waals surface area contributed by atoms with E-state index in [2.05, 4.69) is 20.6 Å². The second-order valence-electron chi connectivity index (χ2n) is 6.30. The van der Waals surface area contributed by atoms with Crippen LogP contribution in [0.3, 0.4) is 0 Å². The zero-order valence-electron chi connectivity index (χ0n) is 15.9. The first kappa shape index (κ1) is 18.4. The number of rotatable bonds is 6. The number of carbonyl (C=O) groups is 1. The summed E-state index contributed by atoms with van der Waals surface area (Å²) < 4.78 is 12.4. The first-order valence-electron chi connectivity index (χ1n) is 9.04. The summed E-state index contributed by atoms with van der Waals surface area (Å²) in [6, 6.07) is 16.1. The van der Waals surface area contributed by atoms with Crippen LogP contribution in [0.25, 0.3) is 17.1 Å². The van der Waals surface area contributed by atoms with Gasteiger partial charge >= 0.3 is 0 Å². The number of hydrogen-bond acceptors (Lipinski definition) is 6. The van der Waals surface area contributed by atoms with E-state index in [9.17, 15) is 4.79 Å². The predicted molar refractivity (Wildman–Crippen MR) is 106 cm³/mol. The van der Waals surface area contributed by atoms with Gasteiger partial charge in [0.15, 0.2) is 5.69 Å². The first-order chi connectivity index (χ1) is 14.2. The summed E-state index contributed by atoms with van der Waals surface area (Å²) in [6.07, 6.45) is 3.22. The van der Waals surface area contributed by atoms with Crippen molar-refractivity contribution in [2.45, 2.75) is 13.0 Å². The van der Waals surface area contributed by atoms with Gasteiger partial charge in [-0.25, -0.2) is 4.68 Å². The van der Waals surface area contributed by atoms with Gasteiger partial charge in [-0.05, 0) is 43.3 Å². The van der Waals surface area contributed by atoms with Crippen LogP contribution in [0.5, 0.6) is 5.75 Å². The molecule has 29 heavy (non-hydrogen) atoms. The molecule has 4 rings (SSSR count). The molecule has 0 saturated carbocycles. The second kappa shape index (κ2) is 7.97. The lowest BCUT2D eigenvalue weighted by Gasteiger charge is -2.13. The normalized spacial score (nSPS) is 11.8. The Morgan fingerprint density at radius 1 is 1.14 bits per heavy atom. The van der Waals surface area contributed by atoms with Crippen LogP contribution in [0.1, 0.15) is 29.2 Å². The largest absolute Gasteiger partial charge is 0.494 e.